The van der Waals surface area contributed by atoms with Crippen molar-refractivity contribution in [1.82, 2.24) is 15.2 Å². The molecule has 0 spiro atoms. The van der Waals surface area contributed by atoms with Gasteiger partial charge in [-0.3, -0.25) is 14.6 Å². The Morgan fingerprint density at radius 1 is 1.19 bits per heavy atom. The first-order valence-corrected chi connectivity index (χ1v) is 8.86. The van der Waals surface area contributed by atoms with E-state index in [1.807, 2.05) is 18.2 Å². The van der Waals surface area contributed by atoms with E-state index in [1.165, 1.54) is 24.3 Å². The Morgan fingerprint density at radius 2 is 2.00 bits per heavy atom. The number of pyridine rings is 1. The number of aromatic nitrogens is 1. The lowest BCUT2D eigenvalue weighted by Crippen LogP contribution is -2.45. The molecule has 1 saturated heterocycles. The normalized spacial score (nSPS) is 17.0. The second kappa shape index (κ2) is 8.56. The molecular weight excluding hydrogens is 333 g/mol. The van der Waals surface area contributed by atoms with Crippen LogP contribution in [0.15, 0.2) is 48.7 Å². The topological polar surface area (TPSA) is 62.3 Å². The average molecular weight is 355 g/mol. The lowest BCUT2D eigenvalue weighted by atomic mass is 9.96. The van der Waals surface area contributed by atoms with Gasteiger partial charge in [0.2, 0.25) is 5.91 Å². The van der Waals surface area contributed by atoms with Gasteiger partial charge in [-0.1, -0.05) is 6.07 Å². The quantitative estimate of drug-likeness (QED) is 0.896. The van der Waals surface area contributed by atoms with Gasteiger partial charge in [0, 0.05) is 43.5 Å². The molecule has 0 saturated carbocycles. The molecule has 1 unspecified atom stereocenters. The molecule has 1 aliphatic rings. The van der Waals surface area contributed by atoms with E-state index in [0.717, 1.165) is 18.5 Å². The molecule has 0 bridgehead atoms. The first-order chi connectivity index (χ1) is 12.6. The van der Waals surface area contributed by atoms with Gasteiger partial charge in [-0.15, -0.1) is 0 Å². The van der Waals surface area contributed by atoms with Gasteiger partial charge in [-0.2, -0.15) is 0 Å². The van der Waals surface area contributed by atoms with Crippen LogP contribution in [0.2, 0.25) is 0 Å². The van der Waals surface area contributed by atoms with Crippen LogP contribution >= 0.6 is 0 Å². The lowest BCUT2D eigenvalue weighted by molar-refractivity contribution is -0.126. The van der Waals surface area contributed by atoms with Crippen molar-refractivity contribution in [2.24, 2.45) is 5.92 Å². The second-order valence-corrected chi connectivity index (χ2v) is 6.46. The molecule has 2 amide bonds. The number of piperidine rings is 1. The molecule has 3 rings (SSSR count). The third-order valence-corrected chi connectivity index (χ3v) is 4.58. The Labute approximate surface area is 152 Å². The predicted molar refractivity (Wildman–Crippen MR) is 96.0 cm³/mol. The maximum absolute atomic E-state index is 13.0. The Hall–Kier alpha value is -2.76. The maximum atomic E-state index is 13.0. The molecule has 1 fully saturated rings. The van der Waals surface area contributed by atoms with Gasteiger partial charge in [0.1, 0.15) is 5.82 Å². The summed E-state index contributed by atoms with van der Waals surface area (Å²) >= 11 is 0. The molecular formula is C20H22FN3O2. The van der Waals surface area contributed by atoms with Crippen LogP contribution in [-0.4, -0.2) is 41.3 Å². The van der Waals surface area contributed by atoms with E-state index in [9.17, 15) is 14.0 Å². The van der Waals surface area contributed by atoms with Crippen molar-refractivity contribution >= 4 is 11.8 Å². The second-order valence-electron chi connectivity index (χ2n) is 6.46. The molecule has 0 aliphatic carbocycles. The molecule has 1 aromatic carbocycles. The fourth-order valence-electron chi connectivity index (χ4n) is 3.15. The van der Waals surface area contributed by atoms with Gasteiger partial charge in [0.15, 0.2) is 0 Å². The zero-order valence-electron chi connectivity index (χ0n) is 14.5. The van der Waals surface area contributed by atoms with Crippen LogP contribution < -0.4 is 5.32 Å². The summed E-state index contributed by atoms with van der Waals surface area (Å²) in [6.45, 7) is 1.54. The summed E-state index contributed by atoms with van der Waals surface area (Å²) in [5.74, 6) is -0.768. The molecule has 2 heterocycles. The Kier molecular flexibility index (Phi) is 5.94. The van der Waals surface area contributed by atoms with Crippen LogP contribution in [0.4, 0.5) is 4.39 Å². The Bertz CT molecular complexity index is 749. The van der Waals surface area contributed by atoms with Gasteiger partial charge < -0.3 is 10.2 Å². The van der Waals surface area contributed by atoms with Crippen LogP contribution in [-0.2, 0) is 11.2 Å². The molecule has 2 aromatic rings. The molecule has 1 N–H and O–H groups in total. The smallest absolute Gasteiger partial charge is 0.253 e. The minimum absolute atomic E-state index is 0.0301. The van der Waals surface area contributed by atoms with Crippen molar-refractivity contribution in [2.75, 3.05) is 19.6 Å². The monoisotopic (exact) mass is 355 g/mol. The molecule has 6 heteroatoms. The van der Waals surface area contributed by atoms with E-state index in [-0.39, 0.29) is 23.5 Å². The predicted octanol–water partition coefficient (Wildman–Crippen LogP) is 2.43. The van der Waals surface area contributed by atoms with Crippen LogP contribution in [0.5, 0.6) is 0 Å². The summed E-state index contributed by atoms with van der Waals surface area (Å²) in [4.78, 5) is 30.9. The minimum Gasteiger partial charge on any atom is -0.355 e. The van der Waals surface area contributed by atoms with Gasteiger partial charge in [0.25, 0.3) is 5.91 Å². The summed E-state index contributed by atoms with van der Waals surface area (Å²) in [7, 11) is 0. The summed E-state index contributed by atoms with van der Waals surface area (Å²) in [6.07, 6.45) is 3.96. The lowest BCUT2D eigenvalue weighted by Gasteiger charge is -2.32. The summed E-state index contributed by atoms with van der Waals surface area (Å²) < 4.78 is 13.0. The van der Waals surface area contributed by atoms with Gasteiger partial charge in [-0.25, -0.2) is 4.39 Å². The summed E-state index contributed by atoms with van der Waals surface area (Å²) in [6, 6.07) is 11.2. The number of halogens is 1. The number of benzene rings is 1. The number of nitrogens with one attached hydrogen (secondary N) is 1. The van der Waals surface area contributed by atoms with Gasteiger partial charge in [-0.05, 0) is 49.2 Å². The highest BCUT2D eigenvalue weighted by molar-refractivity contribution is 5.94. The fraction of sp³-hybridized carbons (Fsp3) is 0.350. The Morgan fingerprint density at radius 3 is 2.73 bits per heavy atom. The number of nitrogens with zero attached hydrogens (tertiary/aromatic N) is 2. The number of hydrogen-bond donors (Lipinski definition) is 1. The average Bonchev–Trinajstić information content (AvgIpc) is 2.69. The summed E-state index contributed by atoms with van der Waals surface area (Å²) in [5, 5.41) is 2.94. The number of rotatable bonds is 5. The molecule has 1 aliphatic heterocycles. The molecule has 1 atom stereocenters. The zero-order chi connectivity index (χ0) is 18.4. The molecule has 5 nitrogen and oxygen atoms in total. The first-order valence-electron chi connectivity index (χ1n) is 8.86. The number of carbonyl (C=O) groups excluding carboxylic acids is 2. The summed E-state index contributed by atoms with van der Waals surface area (Å²) in [5.41, 5.74) is 1.38. The van der Waals surface area contributed by atoms with E-state index < -0.39 is 0 Å². The van der Waals surface area contributed by atoms with Crippen molar-refractivity contribution in [3.8, 4) is 0 Å². The van der Waals surface area contributed by atoms with E-state index in [4.69, 9.17) is 0 Å². The number of likely N-dealkylation sites (tertiary alicyclic amines) is 1. The van der Waals surface area contributed by atoms with Crippen molar-refractivity contribution < 1.29 is 14.0 Å². The van der Waals surface area contributed by atoms with E-state index in [1.54, 1.807) is 11.1 Å². The number of carbonyl (C=O) groups is 2. The van der Waals surface area contributed by atoms with E-state index in [2.05, 4.69) is 10.3 Å². The van der Waals surface area contributed by atoms with Crippen molar-refractivity contribution in [1.29, 1.82) is 0 Å². The molecule has 26 heavy (non-hydrogen) atoms. The van der Waals surface area contributed by atoms with Crippen LogP contribution in [0, 0.1) is 11.7 Å². The first kappa shape index (κ1) is 18.0. The molecule has 136 valence electrons. The maximum Gasteiger partial charge on any atom is 0.253 e. The van der Waals surface area contributed by atoms with Gasteiger partial charge in [0.05, 0.1) is 5.92 Å². The van der Waals surface area contributed by atoms with Crippen LogP contribution in [0.1, 0.15) is 28.9 Å². The fourth-order valence-corrected chi connectivity index (χ4v) is 3.15. The highest BCUT2D eigenvalue weighted by Crippen LogP contribution is 2.19. The van der Waals surface area contributed by atoms with Gasteiger partial charge >= 0.3 is 0 Å². The third-order valence-electron chi connectivity index (χ3n) is 4.58. The molecule has 0 radical (unpaired) electrons. The highest BCUT2D eigenvalue weighted by atomic mass is 19.1. The molecule has 1 aromatic heterocycles. The number of amides is 2. The Balaban J connectivity index is 1.51. The minimum atomic E-state index is -0.370. The van der Waals surface area contributed by atoms with E-state index >= 15 is 0 Å². The number of hydrogen-bond acceptors (Lipinski definition) is 3. The van der Waals surface area contributed by atoms with Crippen molar-refractivity contribution in [3.05, 3.63) is 65.7 Å². The zero-order valence-corrected chi connectivity index (χ0v) is 14.5. The highest BCUT2D eigenvalue weighted by Gasteiger charge is 2.28. The van der Waals surface area contributed by atoms with Crippen molar-refractivity contribution in [2.45, 2.75) is 19.3 Å². The van der Waals surface area contributed by atoms with E-state index in [0.29, 0.717) is 31.6 Å². The third kappa shape index (κ3) is 4.65. The largest absolute Gasteiger partial charge is 0.355 e. The van der Waals surface area contributed by atoms with Crippen LogP contribution in [0.25, 0.3) is 0 Å². The van der Waals surface area contributed by atoms with Crippen molar-refractivity contribution in [3.63, 3.8) is 0 Å². The van der Waals surface area contributed by atoms with Crippen LogP contribution in [0.3, 0.4) is 0 Å². The SMILES string of the molecule is O=C(NCCc1ccccn1)C1CCCN(C(=O)c2ccc(F)cc2)C1. The standard InChI is InChI=1S/C20H22FN3O2/c21-17-8-6-15(7-9-17)20(26)24-13-3-4-16(14-24)19(25)23-12-10-18-5-1-2-11-22-18/h1-2,5-9,11,16H,3-4,10,12-14H2,(H,23,25).